The quantitative estimate of drug-likeness (QED) is 0.774. The summed E-state index contributed by atoms with van der Waals surface area (Å²) in [7, 11) is 3.22. The van der Waals surface area contributed by atoms with Crippen LogP contribution in [0.4, 0.5) is 20.2 Å². The summed E-state index contributed by atoms with van der Waals surface area (Å²) in [4.78, 5) is 15.3. The molecule has 0 spiro atoms. The summed E-state index contributed by atoms with van der Waals surface area (Å²) in [6.07, 6.45) is 4.26. The molecule has 2 fully saturated rings. The number of nitrogens with one attached hydrogen (secondary N) is 1. The molecule has 0 radical (unpaired) electrons. The number of fused-ring (bicyclic) bond motifs is 1. The number of carboxylic acids is 1. The molecular formula is C20H25F2N3O3. The fraction of sp³-hybridized carbons (Fsp3) is 0.550. The van der Waals surface area contributed by atoms with Crippen molar-refractivity contribution in [1.29, 1.82) is 0 Å². The Balaban J connectivity index is 1.80. The smallest absolute Gasteiger partial charge is 0.333 e. The van der Waals surface area contributed by atoms with E-state index in [-0.39, 0.29) is 18.0 Å². The minimum atomic E-state index is -0.999. The van der Waals surface area contributed by atoms with Gasteiger partial charge in [0.15, 0.2) is 11.6 Å². The number of ether oxygens (including phenoxy) is 1. The van der Waals surface area contributed by atoms with E-state index in [1.54, 1.807) is 13.2 Å². The van der Waals surface area contributed by atoms with E-state index in [1.165, 1.54) is 13.2 Å². The number of rotatable bonds is 6. The van der Waals surface area contributed by atoms with Crippen LogP contribution in [0.3, 0.4) is 0 Å². The van der Waals surface area contributed by atoms with Gasteiger partial charge >= 0.3 is 5.97 Å². The van der Waals surface area contributed by atoms with Crippen molar-refractivity contribution < 1.29 is 23.4 Å². The lowest BCUT2D eigenvalue weighted by molar-refractivity contribution is -0.132. The highest BCUT2D eigenvalue weighted by atomic mass is 19.1. The number of carboxylic acid groups (broad SMARTS) is 1. The maximum absolute atomic E-state index is 15.2. The zero-order valence-corrected chi connectivity index (χ0v) is 16.1. The van der Waals surface area contributed by atoms with Crippen LogP contribution in [-0.2, 0) is 11.2 Å². The molecule has 0 bridgehead atoms. The average molecular weight is 393 g/mol. The zero-order chi connectivity index (χ0) is 20.1. The largest absolute Gasteiger partial charge is 0.492 e. The van der Waals surface area contributed by atoms with Crippen molar-refractivity contribution >= 4 is 17.3 Å². The molecule has 1 saturated carbocycles. The van der Waals surface area contributed by atoms with Crippen LogP contribution >= 0.6 is 0 Å². The first-order valence-corrected chi connectivity index (χ1v) is 9.54. The van der Waals surface area contributed by atoms with E-state index in [2.05, 4.69) is 5.32 Å². The number of alkyl halides is 1. The molecule has 0 amide bonds. The van der Waals surface area contributed by atoms with E-state index in [1.807, 2.05) is 9.80 Å². The predicted molar refractivity (Wildman–Crippen MR) is 102 cm³/mol. The Bertz CT molecular complexity index is 834. The normalized spacial score (nSPS) is 24.2. The van der Waals surface area contributed by atoms with Gasteiger partial charge in [0.05, 0.1) is 23.9 Å². The minimum Gasteiger partial charge on any atom is -0.492 e. The molecule has 0 unspecified atom stereocenters. The van der Waals surface area contributed by atoms with Crippen LogP contribution in [-0.4, -0.2) is 56.6 Å². The van der Waals surface area contributed by atoms with Gasteiger partial charge in [0.2, 0.25) is 0 Å². The Labute approximate surface area is 162 Å². The number of nitrogens with zero attached hydrogens (tertiary/aromatic N) is 2. The fourth-order valence-electron chi connectivity index (χ4n) is 4.26. The Morgan fingerprint density at radius 3 is 2.71 bits per heavy atom. The summed E-state index contributed by atoms with van der Waals surface area (Å²) >= 11 is 0. The van der Waals surface area contributed by atoms with Crippen LogP contribution in [0.5, 0.6) is 5.75 Å². The van der Waals surface area contributed by atoms with Crippen molar-refractivity contribution in [3.05, 3.63) is 29.2 Å². The molecule has 1 saturated heterocycles. The van der Waals surface area contributed by atoms with E-state index in [4.69, 9.17) is 4.74 Å². The summed E-state index contributed by atoms with van der Waals surface area (Å²) in [6, 6.07) is 1.61. The van der Waals surface area contributed by atoms with Crippen molar-refractivity contribution in [2.45, 2.75) is 37.3 Å². The highest BCUT2D eigenvalue weighted by Crippen LogP contribution is 2.49. The van der Waals surface area contributed by atoms with Gasteiger partial charge in [0.1, 0.15) is 12.4 Å². The minimum absolute atomic E-state index is 0.145. The number of anilines is 2. The summed E-state index contributed by atoms with van der Waals surface area (Å²) in [5.74, 6) is -1.07. The molecular weight excluding hydrogens is 368 g/mol. The Morgan fingerprint density at radius 2 is 2.18 bits per heavy atom. The van der Waals surface area contributed by atoms with Crippen LogP contribution in [0.25, 0.3) is 0 Å². The highest BCUT2D eigenvalue weighted by Gasteiger charge is 2.41. The number of aliphatic carboxylic acids is 1. The third kappa shape index (κ3) is 2.99. The van der Waals surface area contributed by atoms with Crippen LogP contribution in [0.15, 0.2) is 17.8 Å². The molecule has 4 rings (SSSR count). The van der Waals surface area contributed by atoms with Crippen LogP contribution in [0.2, 0.25) is 0 Å². The molecule has 1 aromatic rings. The first-order chi connectivity index (χ1) is 13.4. The summed E-state index contributed by atoms with van der Waals surface area (Å²) < 4.78 is 34.5. The highest BCUT2D eigenvalue weighted by molar-refractivity contribution is 5.91. The number of carbonyl (C=O) groups is 1. The topological polar surface area (TPSA) is 65.0 Å². The number of halogens is 2. The van der Waals surface area contributed by atoms with Crippen molar-refractivity contribution in [3.8, 4) is 5.75 Å². The standard InChI is InChI=1S/C20H25F2N3O3/c1-23-20(10-21)5-6-24(11-20)17-15(22)8-12-7-13(19(26)27)9-25(14-3-4-14)16(12)18(17)28-2/h8-9,14,23H,3-7,10-11H2,1-2H3,(H,26,27)/t20-/m0/s1. The van der Waals surface area contributed by atoms with Crippen LogP contribution in [0, 0.1) is 5.82 Å². The lowest BCUT2D eigenvalue weighted by Crippen LogP contribution is -2.47. The van der Waals surface area contributed by atoms with Gasteiger partial charge in [-0.1, -0.05) is 0 Å². The number of hydrogen-bond acceptors (Lipinski definition) is 5. The molecule has 8 heteroatoms. The number of likely N-dealkylation sites (N-methyl/N-ethyl adjacent to an activating group) is 1. The van der Waals surface area contributed by atoms with Gasteiger partial charge in [0, 0.05) is 31.8 Å². The van der Waals surface area contributed by atoms with Crippen molar-refractivity contribution in [2.24, 2.45) is 0 Å². The summed E-state index contributed by atoms with van der Waals surface area (Å²) in [5.41, 5.74) is 1.20. The van der Waals surface area contributed by atoms with Gasteiger partial charge in [-0.05, 0) is 37.9 Å². The number of benzene rings is 1. The second-order valence-corrected chi connectivity index (χ2v) is 7.86. The predicted octanol–water partition coefficient (Wildman–Crippen LogP) is 2.47. The average Bonchev–Trinajstić information content (AvgIpc) is 3.45. The molecule has 1 aromatic carbocycles. The van der Waals surface area contributed by atoms with E-state index < -0.39 is 24.0 Å². The molecule has 0 aromatic heterocycles. The molecule has 6 nitrogen and oxygen atoms in total. The lowest BCUT2D eigenvalue weighted by atomic mass is 9.97. The Hall–Kier alpha value is -2.35. The van der Waals surface area contributed by atoms with Crippen molar-refractivity contribution in [1.82, 2.24) is 5.32 Å². The molecule has 152 valence electrons. The van der Waals surface area contributed by atoms with Crippen molar-refractivity contribution in [2.75, 3.05) is 43.7 Å². The van der Waals surface area contributed by atoms with E-state index in [0.717, 1.165) is 18.5 Å². The van der Waals surface area contributed by atoms with Gasteiger partial charge in [0.25, 0.3) is 0 Å². The van der Waals surface area contributed by atoms with Gasteiger partial charge in [-0.25, -0.2) is 13.6 Å². The summed E-state index contributed by atoms with van der Waals surface area (Å²) in [5, 5.41) is 12.5. The van der Waals surface area contributed by atoms with E-state index in [9.17, 15) is 14.3 Å². The molecule has 2 aliphatic heterocycles. The van der Waals surface area contributed by atoms with E-state index >= 15 is 4.39 Å². The maximum atomic E-state index is 15.2. The first-order valence-electron chi connectivity index (χ1n) is 9.54. The van der Waals surface area contributed by atoms with Gasteiger partial charge in [-0.15, -0.1) is 0 Å². The molecule has 2 N–H and O–H groups in total. The monoisotopic (exact) mass is 393 g/mol. The second-order valence-electron chi connectivity index (χ2n) is 7.86. The van der Waals surface area contributed by atoms with Crippen molar-refractivity contribution in [3.63, 3.8) is 0 Å². The van der Waals surface area contributed by atoms with Crippen LogP contribution in [0.1, 0.15) is 24.8 Å². The third-order valence-electron chi connectivity index (χ3n) is 6.07. The van der Waals surface area contributed by atoms with Gasteiger partial charge in [-0.2, -0.15) is 0 Å². The molecule has 1 atom stereocenters. The molecule has 1 aliphatic carbocycles. The SMILES string of the molecule is CN[C@]1(CF)CCN(c2c(F)cc3c(c2OC)N(C2CC2)C=C(C(=O)O)C3)C1. The number of hydrogen-bond donors (Lipinski definition) is 2. The summed E-state index contributed by atoms with van der Waals surface area (Å²) in [6.45, 7) is 0.315. The Morgan fingerprint density at radius 1 is 1.43 bits per heavy atom. The third-order valence-corrected chi connectivity index (χ3v) is 6.07. The molecule has 28 heavy (non-hydrogen) atoms. The number of methoxy groups -OCH3 is 1. The molecule has 3 aliphatic rings. The van der Waals surface area contributed by atoms with Crippen LogP contribution < -0.4 is 19.9 Å². The fourth-order valence-corrected chi connectivity index (χ4v) is 4.26. The lowest BCUT2D eigenvalue weighted by Gasteiger charge is -2.33. The molecule has 2 heterocycles. The first kappa shape index (κ1) is 19.0. The van der Waals surface area contributed by atoms with Gasteiger partial charge < -0.3 is 25.0 Å². The second kappa shape index (κ2) is 6.92. The van der Waals surface area contributed by atoms with E-state index in [0.29, 0.717) is 36.5 Å². The Kier molecular flexibility index (Phi) is 4.69. The van der Waals surface area contributed by atoms with Gasteiger partial charge in [-0.3, -0.25) is 0 Å². The maximum Gasteiger partial charge on any atom is 0.333 e. The zero-order valence-electron chi connectivity index (χ0n) is 16.1.